The summed E-state index contributed by atoms with van der Waals surface area (Å²) in [4.78, 5) is 13.5. The van der Waals surface area contributed by atoms with Gasteiger partial charge < -0.3 is 9.55 Å². The van der Waals surface area contributed by atoms with Crippen LogP contribution in [0.4, 0.5) is 0 Å². The van der Waals surface area contributed by atoms with Crippen molar-refractivity contribution in [3.63, 3.8) is 0 Å². The standard InChI is InChI=1S/C13H18BNO2/c1-10(16)13-7-12(8-15(13)14)17-9-11-5-3-2-4-6-11/h2-6,12-13H,7-9,14H2,1H3/t12-,13-/m0/s1. The predicted molar refractivity (Wildman–Crippen MR) is 69.4 cm³/mol. The zero-order valence-corrected chi connectivity index (χ0v) is 10.4. The van der Waals surface area contributed by atoms with Crippen LogP contribution in [-0.2, 0) is 16.1 Å². The lowest BCUT2D eigenvalue weighted by Crippen LogP contribution is -2.32. The van der Waals surface area contributed by atoms with Crippen molar-refractivity contribution < 1.29 is 9.53 Å². The van der Waals surface area contributed by atoms with E-state index in [0.717, 1.165) is 13.0 Å². The van der Waals surface area contributed by atoms with Gasteiger partial charge >= 0.3 is 0 Å². The number of hydrogen-bond donors (Lipinski definition) is 0. The van der Waals surface area contributed by atoms with Crippen LogP contribution in [0.1, 0.15) is 18.9 Å². The zero-order valence-electron chi connectivity index (χ0n) is 10.4. The zero-order chi connectivity index (χ0) is 12.3. The molecular weight excluding hydrogens is 213 g/mol. The monoisotopic (exact) mass is 231 g/mol. The second-order valence-corrected chi connectivity index (χ2v) is 4.72. The molecule has 0 aliphatic carbocycles. The van der Waals surface area contributed by atoms with Crippen molar-refractivity contribution in [2.75, 3.05) is 6.54 Å². The molecule has 90 valence electrons. The number of benzene rings is 1. The number of ketones is 1. The molecule has 0 saturated carbocycles. The summed E-state index contributed by atoms with van der Waals surface area (Å²) in [6.07, 6.45) is 0.993. The van der Waals surface area contributed by atoms with Crippen molar-refractivity contribution >= 4 is 13.8 Å². The van der Waals surface area contributed by atoms with Crippen molar-refractivity contribution in [1.29, 1.82) is 0 Å². The van der Waals surface area contributed by atoms with Crippen LogP contribution in [0.2, 0.25) is 0 Å². The van der Waals surface area contributed by atoms with Gasteiger partial charge in [-0.2, -0.15) is 0 Å². The van der Waals surface area contributed by atoms with Crippen LogP contribution < -0.4 is 0 Å². The Labute approximate surface area is 103 Å². The van der Waals surface area contributed by atoms with Crippen molar-refractivity contribution in [3.8, 4) is 0 Å². The molecule has 4 heteroatoms. The van der Waals surface area contributed by atoms with Gasteiger partial charge in [0.15, 0.2) is 7.98 Å². The third-order valence-corrected chi connectivity index (χ3v) is 3.31. The lowest BCUT2D eigenvalue weighted by atomic mass is 10.1. The van der Waals surface area contributed by atoms with Crippen LogP contribution in [0.25, 0.3) is 0 Å². The molecule has 17 heavy (non-hydrogen) atoms. The van der Waals surface area contributed by atoms with E-state index in [1.807, 2.05) is 26.2 Å². The average molecular weight is 231 g/mol. The fourth-order valence-corrected chi connectivity index (χ4v) is 2.34. The molecule has 0 unspecified atom stereocenters. The maximum absolute atomic E-state index is 11.4. The van der Waals surface area contributed by atoms with E-state index in [9.17, 15) is 4.79 Å². The lowest BCUT2D eigenvalue weighted by molar-refractivity contribution is -0.120. The summed E-state index contributed by atoms with van der Waals surface area (Å²) in [6, 6.07) is 10.2. The molecule has 0 amide bonds. The topological polar surface area (TPSA) is 29.5 Å². The molecule has 0 aromatic heterocycles. The molecule has 1 saturated heterocycles. The van der Waals surface area contributed by atoms with Gasteiger partial charge in [-0.05, 0) is 18.9 Å². The van der Waals surface area contributed by atoms with Crippen molar-refractivity contribution in [2.24, 2.45) is 0 Å². The van der Waals surface area contributed by atoms with Gasteiger partial charge in [-0.25, -0.2) is 0 Å². The quantitative estimate of drug-likeness (QED) is 0.717. The fraction of sp³-hybridized carbons (Fsp3) is 0.462. The number of hydrogen-bond acceptors (Lipinski definition) is 3. The minimum atomic E-state index is 0.0378. The first-order valence-corrected chi connectivity index (χ1v) is 6.03. The predicted octanol–water partition coefficient (Wildman–Crippen LogP) is 0.783. The molecular formula is C13H18BNO2. The second kappa shape index (κ2) is 5.47. The Kier molecular flexibility index (Phi) is 3.97. The molecule has 1 aromatic rings. The summed E-state index contributed by atoms with van der Waals surface area (Å²) >= 11 is 0. The molecule has 1 aliphatic rings. The van der Waals surface area contributed by atoms with E-state index in [1.54, 1.807) is 6.92 Å². The van der Waals surface area contributed by atoms with Gasteiger partial charge in [-0.3, -0.25) is 4.79 Å². The summed E-state index contributed by atoms with van der Waals surface area (Å²) in [7, 11) is 1.98. The molecule has 1 aromatic carbocycles. The Bertz CT molecular complexity index is 382. The molecule has 3 nitrogen and oxygen atoms in total. The van der Waals surface area contributed by atoms with E-state index in [2.05, 4.69) is 16.9 Å². The highest BCUT2D eigenvalue weighted by Crippen LogP contribution is 2.19. The van der Waals surface area contributed by atoms with E-state index < -0.39 is 0 Å². The molecule has 2 atom stereocenters. The highest BCUT2D eigenvalue weighted by molar-refractivity contribution is 6.07. The summed E-state index contributed by atoms with van der Waals surface area (Å²) in [5.74, 6) is 0.235. The summed E-state index contributed by atoms with van der Waals surface area (Å²) in [6.45, 7) is 3.13. The molecule has 0 bridgehead atoms. The number of carbonyl (C=O) groups excluding carboxylic acids is 1. The fourth-order valence-electron chi connectivity index (χ4n) is 2.34. The summed E-state index contributed by atoms with van der Waals surface area (Å²) in [5, 5.41) is 0. The Hall–Kier alpha value is -1.13. The van der Waals surface area contributed by atoms with Crippen LogP contribution in [0.15, 0.2) is 30.3 Å². The van der Waals surface area contributed by atoms with Gasteiger partial charge in [0, 0.05) is 6.54 Å². The Morgan fingerprint density at radius 1 is 1.47 bits per heavy atom. The van der Waals surface area contributed by atoms with Crippen molar-refractivity contribution in [2.45, 2.75) is 32.1 Å². The number of rotatable bonds is 4. The summed E-state index contributed by atoms with van der Waals surface area (Å²) < 4.78 is 5.85. The number of nitrogens with zero attached hydrogens (tertiary/aromatic N) is 1. The molecule has 0 spiro atoms. The third-order valence-electron chi connectivity index (χ3n) is 3.31. The first kappa shape index (κ1) is 12.3. The van der Waals surface area contributed by atoms with Gasteiger partial charge in [0.05, 0.1) is 18.8 Å². The SMILES string of the molecule is BN1C[C@@H](OCc2ccccc2)C[C@H]1C(C)=O. The minimum absolute atomic E-state index is 0.0378. The molecule has 2 rings (SSSR count). The molecule has 1 aliphatic heterocycles. The van der Waals surface area contributed by atoms with Crippen LogP contribution in [0.5, 0.6) is 0 Å². The molecule has 1 heterocycles. The Balaban J connectivity index is 1.84. The normalized spacial score (nSPS) is 25.0. The molecule has 0 N–H and O–H groups in total. The van der Waals surface area contributed by atoms with Gasteiger partial charge in [-0.1, -0.05) is 30.3 Å². The van der Waals surface area contributed by atoms with Gasteiger partial charge in [0.25, 0.3) is 0 Å². The van der Waals surface area contributed by atoms with Crippen LogP contribution in [0.3, 0.4) is 0 Å². The first-order valence-electron chi connectivity index (χ1n) is 6.03. The maximum atomic E-state index is 11.4. The Morgan fingerprint density at radius 2 is 2.18 bits per heavy atom. The van der Waals surface area contributed by atoms with Crippen LogP contribution in [-0.4, -0.2) is 37.3 Å². The van der Waals surface area contributed by atoms with E-state index in [0.29, 0.717) is 6.61 Å². The molecule has 0 radical (unpaired) electrons. The number of carbonyl (C=O) groups is 1. The lowest BCUT2D eigenvalue weighted by Gasteiger charge is -2.15. The average Bonchev–Trinajstić information content (AvgIpc) is 2.69. The minimum Gasteiger partial charge on any atom is -0.372 e. The van der Waals surface area contributed by atoms with E-state index in [-0.39, 0.29) is 17.9 Å². The smallest absolute Gasteiger partial charge is 0.186 e. The van der Waals surface area contributed by atoms with Crippen LogP contribution >= 0.6 is 0 Å². The van der Waals surface area contributed by atoms with Gasteiger partial charge in [0.2, 0.25) is 0 Å². The van der Waals surface area contributed by atoms with Crippen molar-refractivity contribution in [3.05, 3.63) is 35.9 Å². The van der Waals surface area contributed by atoms with E-state index in [4.69, 9.17) is 4.74 Å². The second-order valence-electron chi connectivity index (χ2n) is 4.72. The largest absolute Gasteiger partial charge is 0.372 e. The maximum Gasteiger partial charge on any atom is 0.186 e. The van der Waals surface area contributed by atoms with Gasteiger partial charge in [-0.15, -0.1) is 0 Å². The third kappa shape index (κ3) is 3.17. The highest BCUT2D eigenvalue weighted by atomic mass is 16.5. The molecule has 1 fully saturated rings. The van der Waals surface area contributed by atoms with Crippen molar-refractivity contribution in [1.82, 2.24) is 4.81 Å². The number of ether oxygens (including phenoxy) is 1. The summed E-state index contributed by atoms with van der Waals surface area (Å²) in [5.41, 5.74) is 1.18. The number of Topliss-reactive ketones (excluding diaryl/α,β-unsaturated/α-hetero) is 1. The van der Waals surface area contributed by atoms with Crippen LogP contribution in [0, 0.1) is 0 Å². The Morgan fingerprint density at radius 3 is 2.76 bits per heavy atom. The van der Waals surface area contributed by atoms with Gasteiger partial charge in [0.1, 0.15) is 5.78 Å². The highest BCUT2D eigenvalue weighted by Gasteiger charge is 2.32. The first-order chi connectivity index (χ1) is 8.16. The van der Waals surface area contributed by atoms with E-state index >= 15 is 0 Å². The van der Waals surface area contributed by atoms with E-state index in [1.165, 1.54) is 5.56 Å².